The van der Waals surface area contributed by atoms with Crippen molar-refractivity contribution in [1.29, 1.82) is 0 Å². The first kappa shape index (κ1) is 11.6. The first-order chi connectivity index (χ1) is 8.24. The lowest BCUT2D eigenvalue weighted by Crippen LogP contribution is -2.16. The van der Waals surface area contributed by atoms with Crippen LogP contribution in [0.2, 0.25) is 0 Å². The molecule has 0 fully saturated rings. The highest BCUT2D eigenvalue weighted by Crippen LogP contribution is 2.12. The van der Waals surface area contributed by atoms with Gasteiger partial charge in [0.2, 0.25) is 0 Å². The summed E-state index contributed by atoms with van der Waals surface area (Å²) in [4.78, 5) is 0. The third kappa shape index (κ3) is 3.55. The molecule has 2 aromatic carbocycles. The van der Waals surface area contributed by atoms with Crippen LogP contribution in [-0.4, -0.2) is 6.30 Å². The van der Waals surface area contributed by atoms with Gasteiger partial charge in [0, 0.05) is 12.1 Å². The zero-order valence-electron chi connectivity index (χ0n) is 9.24. The molecule has 0 spiro atoms. The SMILES string of the molecule is Fc1cccc(CC(F)Nc2ccccc2)c1. The summed E-state index contributed by atoms with van der Waals surface area (Å²) in [6, 6.07) is 15.1. The van der Waals surface area contributed by atoms with Crippen molar-refractivity contribution in [3.8, 4) is 0 Å². The number of benzene rings is 2. The number of anilines is 1. The number of nitrogens with one attached hydrogen (secondary N) is 1. The van der Waals surface area contributed by atoms with E-state index in [2.05, 4.69) is 5.32 Å². The Morgan fingerprint density at radius 3 is 2.47 bits per heavy atom. The lowest BCUT2D eigenvalue weighted by Gasteiger charge is -2.11. The number of para-hydroxylation sites is 1. The number of alkyl halides is 1. The van der Waals surface area contributed by atoms with Crippen LogP contribution < -0.4 is 5.32 Å². The molecule has 0 saturated heterocycles. The van der Waals surface area contributed by atoms with Gasteiger partial charge in [-0.25, -0.2) is 8.78 Å². The lowest BCUT2D eigenvalue weighted by atomic mass is 10.1. The van der Waals surface area contributed by atoms with E-state index in [0.717, 1.165) is 5.69 Å². The van der Waals surface area contributed by atoms with Gasteiger partial charge in [-0.05, 0) is 29.8 Å². The molecule has 0 aromatic heterocycles. The minimum Gasteiger partial charge on any atom is -0.356 e. The standard InChI is InChI=1S/C14H13F2N/c15-12-6-4-5-11(9-12)10-14(16)17-13-7-2-1-3-8-13/h1-9,14,17H,10H2. The van der Waals surface area contributed by atoms with Crippen LogP contribution in [-0.2, 0) is 6.42 Å². The van der Waals surface area contributed by atoms with E-state index in [9.17, 15) is 8.78 Å². The van der Waals surface area contributed by atoms with Crippen molar-refractivity contribution >= 4 is 5.69 Å². The van der Waals surface area contributed by atoms with Crippen molar-refractivity contribution in [1.82, 2.24) is 0 Å². The highest BCUT2D eigenvalue weighted by molar-refractivity contribution is 5.43. The lowest BCUT2D eigenvalue weighted by molar-refractivity contribution is 0.371. The third-order valence-corrected chi connectivity index (χ3v) is 2.40. The predicted octanol–water partition coefficient (Wildman–Crippen LogP) is 3.78. The second-order valence-electron chi connectivity index (χ2n) is 3.81. The first-order valence-corrected chi connectivity index (χ1v) is 5.44. The molecular weight excluding hydrogens is 220 g/mol. The van der Waals surface area contributed by atoms with Gasteiger partial charge in [0.1, 0.15) is 5.82 Å². The molecule has 3 heteroatoms. The largest absolute Gasteiger partial charge is 0.356 e. The zero-order valence-corrected chi connectivity index (χ0v) is 9.24. The van der Waals surface area contributed by atoms with Crippen LogP contribution in [0.1, 0.15) is 5.56 Å². The predicted molar refractivity (Wildman–Crippen MR) is 65.1 cm³/mol. The van der Waals surface area contributed by atoms with E-state index in [0.29, 0.717) is 5.56 Å². The van der Waals surface area contributed by atoms with E-state index >= 15 is 0 Å². The van der Waals surface area contributed by atoms with Crippen LogP contribution in [0.4, 0.5) is 14.5 Å². The van der Waals surface area contributed by atoms with Gasteiger partial charge in [0.15, 0.2) is 6.30 Å². The Balaban J connectivity index is 1.96. The van der Waals surface area contributed by atoms with Crippen molar-refractivity contribution in [3.05, 3.63) is 66.0 Å². The van der Waals surface area contributed by atoms with Gasteiger partial charge in [0.25, 0.3) is 0 Å². The Morgan fingerprint density at radius 1 is 1.00 bits per heavy atom. The molecule has 0 heterocycles. The minimum absolute atomic E-state index is 0.145. The number of hydrogen-bond acceptors (Lipinski definition) is 1. The summed E-state index contributed by atoms with van der Waals surface area (Å²) in [5.74, 6) is -0.339. The van der Waals surface area contributed by atoms with Gasteiger partial charge in [-0.1, -0.05) is 30.3 Å². The summed E-state index contributed by atoms with van der Waals surface area (Å²) in [6.07, 6.45) is -1.08. The minimum atomic E-state index is -1.22. The van der Waals surface area contributed by atoms with Crippen LogP contribution in [0.15, 0.2) is 54.6 Å². The van der Waals surface area contributed by atoms with Gasteiger partial charge in [-0.15, -0.1) is 0 Å². The van der Waals surface area contributed by atoms with E-state index in [-0.39, 0.29) is 12.2 Å². The molecule has 0 aliphatic rings. The zero-order chi connectivity index (χ0) is 12.1. The fourth-order valence-corrected chi connectivity index (χ4v) is 1.64. The molecule has 1 nitrogen and oxygen atoms in total. The van der Waals surface area contributed by atoms with Crippen molar-refractivity contribution in [2.75, 3.05) is 5.32 Å². The summed E-state index contributed by atoms with van der Waals surface area (Å²) in [5.41, 5.74) is 1.36. The van der Waals surface area contributed by atoms with Crippen LogP contribution in [0.5, 0.6) is 0 Å². The van der Waals surface area contributed by atoms with Crippen molar-refractivity contribution < 1.29 is 8.78 Å². The average molecular weight is 233 g/mol. The van der Waals surface area contributed by atoms with E-state index in [1.807, 2.05) is 18.2 Å². The summed E-state index contributed by atoms with van der Waals surface area (Å²) in [5, 5.41) is 2.72. The third-order valence-electron chi connectivity index (χ3n) is 2.40. The van der Waals surface area contributed by atoms with Crippen molar-refractivity contribution in [3.63, 3.8) is 0 Å². The smallest absolute Gasteiger partial charge is 0.174 e. The van der Waals surface area contributed by atoms with Gasteiger partial charge >= 0.3 is 0 Å². The van der Waals surface area contributed by atoms with Crippen LogP contribution in [0.25, 0.3) is 0 Å². The van der Waals surface area contributed by atoms with Gasteiger partial charge in [0.05, 0.1) is 0 Å². The molecule has 1 unspecified atom stereocenters. The molecule has 88 valence electrons. The molecule has 0 amide bonds. The Morgan fingerprint density at radius 2 is 1.76 bits per heavy atom. The first-order valence-electron chi connectivity index (χ1n) is 5.44. The molecule has 0 aliphatic heterocycles. The Hall–Kier alpha value is -1.90. The summed E-state index contributed by atoms with van der Waals surface area (Å²) < 4.78 is 26.6. The number of rotatable bonds is 4. The number of halogens is 2. The summed E-state index contributed by atoms with van der Waals surface area (Å²) in [6.45, 7) is 0. The van der Waals surface area contributed by atoms with E-state index in [1.54, 1.807) is 24.3 Å². The highest BCUT2D eigenvalue weighted by atomic mass is 19.1. The van der Waals surface area contributed by atoms with Gasteiger partial charge in [-0.2, -0.15) is 0 Å². The van der Waals surface area contributed by atoms with E-state index in [1.165, 1.54) is 12.1 Å². The monoisotopic (exact) mass is 233 g/mol. The Bertz CT molecular complexity index is 471. The average Bonchev–Trinajstić information content (AvgIpc) is 2.30. The van der Waals surface area contributed by atoms with Gasteiger partial charge in [-0.3, -0.25) is 0 Å². The Labute approximate surface area is 99.1 Å². The van der Waals surface area contributed by atoms with Crippen LogP contribution in [0, 0.1) is 5.82 Å². The molecule has 0 bridgehead atoms. The summed E-state index contributed by atoms with van der Waals surface area (Å²) in [7, 11) is 0. The number of hydrogen-bond donors (Lipinski definition) is 1. The maximum Gasteiger partial charge on any atom is 0.174 e. The fraction of sp³-hybridized carbons (Fsp3) is 0.143. The van der Waals surface area contributed by atoms with Crippen LogP contribution in [0.3, 0.4) is 0 Å². The maximum absolute atomic E-state index is 13.7. The molecule has 0 radical (unpaired) electrons. The van der Waals surface area contributed by atoms with Crippen molar-refractivity contribution in [2.24, 2.45) is 0 Å². The molecule has 0 saturated carbocycles. The fourth-order valence-electron chi connectivity index (χ4n) is 1.64. The quantitative estimate of drug-likeness (QED) is 0.792. The topological polar surface area (TPSA) is 12.0 Å². The van der Waals surface area contributed by atoms with Gasteiger partial charge < -0.3 is 5.32 Å². The van der Waals surface area contributed by atoms with E-state index in [4.69, 9.17) is 0 Å². The molecule has 0 aliphatic carbocycles. The normalized spacial score (nSPS) is 12.1. The molecule has 17 heavy (non-hydrogen) atoms. The molecule has 2 aromatic rings. The van der Waals surface area contributed by atoms with Crippen LogP contribution >= 0.6 is 0 Å². The maximum atomic E-state index is 13.7. The molecule has 2 rings (SSSR count). The van der Waals surface area contributed by atoms with E-state index < -0.39 is 6.30 Å². The second kappa shape index (κ2) is 5.43. The second-order valence-corrected chi connectivity index (χ2v) is 3.81. The van der Waals surface area contributed by atoms with Crippen molar-refractivity contribution in [2.45, 2.75) is 12.7 Å². The highest BCUT2D eigenvalue weighted by Gasteiger charge is 2.07. The molecular formula is C14H13F2N. The Kier molecular flexibility index (Phi) is 3.70. The molecule has 1 atom stereocenters. The summed E-state index contributed by atoms with van der Waals surface area (Å²) >= 11 is 0. The molecule has 1 N–H and O–H groups in total.